The summed E-state index contributed by atoms with van der Waals surface area (Å²) in [4.78, 5) is 30.5. The van der Waals surface area contributed by atoms with Crippen LogP contribution in [0.4, 0.5) is 8.78 Å². The molecule has 0 spiro atoms. The van der Waals surface area contributed by atoms with Crippen LogP contribution in [0.1, 0.15) is 5.56 Å². The normalized spacial score (nSPS) is 11.3. The summed E-state index contributed by atoms with van der Waals surface area (Å²) in [5.41, 5.74) is 0.192. The molecule has 0 atom stereocenters. The third-order valence-electron chi connectivity index (χ3n) is 4.75. The highest BCUT2D eigenvalue weighted by atomic mass is 19.1. The van der Waals surface area contributed by atoms with Gasteiger partial charge in [0.2, 0.25) is 0 Å². The molecule has 0 radical (unpaired) electrons. The molecule has 2 aromatic carbocycles. The molecule has 30 heavy (non-hydrogen) atoms. The van der Waals surface area contributed by atoms with Crippen molar-refractivity contribution in [1.82, 2.24) is 18.7 Å². The predicted molar refractivity (Wildman–Crippen MR) is 107 cm³/mol. The van der Waals surface area contributed by atoms with Crippen molar-refractivity contribution in [2.75, 3.05) is 13.7 Å². The summed E-state index contributed by atoms with van der Waals surface area (Å²) in [7, 11) is 1.47. The summed E-state index contributed by atoms with van der Waals surface area (Å²) in [5, 5.41) is 0. The minimum Gasteiger partial charge on any atom is -0.383 e. The number of aromatic nitrogens is 4. The third-order valence-corrected chi connectivity index (χ3v) is 4.75. The molecule has 0 aliphatic carbocycles. The Morgan fingerprint density at radius 1 is 1.03 bits per heavy atom. The second-order valence-corrected chi connectivity index (χ2v) is 6.72. The summed E-state index contributed by atoms with van der Waals surface area (Å²) in [6, 6.07) is 11.3. The molecular weight excluding hydrogens is 394 g/mol. The average molecular weight is 412 g/mol. The molecule has 154 valence electrons. The highest BCUT2D eigenvalue weighted by Crippen LogP contribution is 2.15. The van der Waals surface area contributed by atoms with Gasteiger partial charge in [0, 0.05) is 13.7 Å². The molecule has 7 nitrogen and oxygen atoms in total. The van der Waals surface area contributed by atoms with Gasteiger partial charge in [-0.3, -0.25) is 9.36 Å². The van der Waals surface area contributed by atoms with Crippen LogP contribution in [0, 0.1) is 11.6 Å². The van der Waals surface area contributed by atoms with E-state index in [1.165, 1.54) is 54.4 Å². The number of nitrogens with zero attached hydrogens (tertiary/aromatic N) is 4. The zero-order chi connectivity index (χ0) is 21.3. The van der Waals surface area contributed by atoms with E-state index in [0.717, 1.165) is 4.57 Å². The van der Waals surface area contributed by atoms with E-state index in [4.69, 9.17) is 4.74 Å². The maximum atomic E-state index is 13.6. The van der Waals surface area contributed by atoms with Crippen molar-refractivity contribution >= 4 is 11.2 Å². The van der Waals surface area contributed by atoms with Gasteiger partial charge in [0.1, 0.15) is 11.6 Å². The Bertz CT molecular complexity index is 1320. The Morgan fingerprint density at radius 3 is 2.50 bits per heavy atom. The molecule has 0 saturated heterocycles. The lowest BCUT2D eigenvalue weighted by Gasteiger charge is -2.12. The van der Waals surface area contributed by atoms with E-state index in [-0.39, 0.29) is 30.9 Å². The molecule has 0 aliphatic heterocycles. The smallest absolute Gasteiger partial charge is 0.337 e. The van der Waals surface area contributed by atoms with Crippen molar-refractivity contribution < 1.29 is 13.5 Å². The van der Waals surface area contributed by atoms with E-state index in [0.29, 0.717) is 11.3 Å². The van der Waals surface area contributed by atoms with Gasteiger partial charge >= 0.3 is 5.69 Å². The molecule has 0 N–H and O–H groups in total. The Hall–Kier alpha value is -3.59. The SMILES string of the molecule is COCCn1c(=O)c2c(ncn2Cc2cccc(F)c2)n(-c2ccc(F)cc2)c1=O. The van der Waals surface area contributed by atoms with Gasteiger partial charge in [0.25, 0.3) is 5.56 Å². The maximum Gasteiger partial charge on any atom is 0.337 e. The average Bonchev–Trinajstić information content (AvgIpc) is 3.13. The standard InChI is InChI=1S/C21H18F2N4O3/c1-30-10-9-26-20(28)18-19(27(21(26)29)17-7-5-15(22)6-8-17)24-13-25(18)12-14-3-2-4-16(23)11-14/h2-8,11,13H,9-10,12H2,1H3. The zero-order valence-corrected chi connectivity index (χ0v) is 16.1. The van der Waals surface area contributed by atoms with Gasteiger partial charge in [0.05, 0.1) is 25.2 Å². The fraction of sp³-hybridized carbons (Fsp3) is 0.190. The van der Waals surface area contributed by atoms with Gasteiger partial charge in [-0.25, -0.2) is 23.1 Å². The fourth-order valence-electron chi connectivity index (χ4n) is 3.33. The van der Waals surface area contributed by atoms with E-state index in [1.807, 2.05) is 0 Å². The van der Waals surface area contributed by atoms with E-state index >= 15 is 0 Å². The minimum absolute atomic E-state index is 0.0381. The van der Waals surface area contributed by atoms with Crippen molar-refractivity contribution in [2.24, 2.45) is 0 Å². The van der Waals surface area contributed by atoms with Crippen LogP contribution in [0.25, 0.3) is 16.9 Å². The summed E-state index contributed by atoms with van der Waals surface area (Å²) >= 11 is 0. The molecule has 0 bridgehead atoms. The Kier molecular flexibility index (Phi) is 5.28. The van der Waals surface area contributed by atoms with Crippen molar-refractivity contribution in [3.63, 3.8) is 0 Å². The van der Waals surface area contributed by atoms with Gasteiger partial charge in [0.15, 0.2) is 11.2 Å². The molecule has 0 amide bonds. The topological polar surface area (TPSA) is 71.1 Å². The first-order chi connectivity index (χ1) is 14.5. The first-order valence-electron chi connectivity index (χ1n) is 9.19. The quantitative estimate of drug-likeness (QED) is 0.487. The predicted octanol–water partition coefficient (Wildman–Crippen LogP) is 2.32. The molecule has 0 aliphatic rings. The van der Waals surface area contributed by atoms with Crippen molar-refractivity contribution in [2.45, 2.75) is 13.1 Å². The van der Waals surface area contributed by atoms with Crippen molar-refractivity contribution in [3.8, 4) is 5.69 Å². The molecular formula is C21H18F2N4O3. The fourth-order valence-corrected chi connectivity index (χ4v) is 3.33. The molecule has 0 unspecified atom stereocenters. The molecule has 2 aromatic heterocycles. The third kappa shape index (κ3) is 3.55. The molecule has 0 fully saturated rings. The van der Waals surface area contributed by atoms with Crippen LogP contribution in [0.5, 0.6) is 0 Å². The minimum atomic E-state index is -0.604. The van der Waals surface area contributed by atoms with Crippen LogP contribution in [0.3, 0.4) is 0 Å². The van der Waals surface area contributed by atoms with Crippen molar-refractivity contribution in [3.05, 3.63) is 92.9 Å². The first-order valence-corrected chi connectivity index (χ1v) is 9.19. The zero-order valence-electron chi connectivity index (χ0n) is 16.1. The number of halogens is 2. The lowest BCUT2D eigenvalue weighted by Crippen LogP contribution is -2.41. The number of ether oxygens (including phenoxy) is 1. The van der Waals surface area contributed by atoms with Gasteiger partial charge < -0.3 is 9.30 Å². The lowest BCUT2D eigenvalue weighted by atomic mass is 10.2. The monoisotopic (exact) mass is 412 g/mol. The van der Waals surface area contributed by atoms with E-state index in [1.54, 1.807) is 16.7 Å². The summed E-state index contributed by atoms with van der Waals surface area (Å²) in [6.45, 7) is 0.383. The highest BCUT2D eigenvalue weighted by Gasteiger charge is 2.19. The van der Waals surface area contributed by atoms with E-state index in [2.05, 4.69) is 4.98 Å². The molecule has 9 heteroatoms. The van der Waals surface area contributed by atoms with Crippen LogP contribution < -0.4 is 11.2 Å². The lowest BCUT2D eigenvalue weighted by molar-refractivity contribution is 0.184. The molecule has 0 saturated carbocycles. The molecule has 2 heterocycles. The van der Waals surface area contributed by atoms with Crippen LogP contribution >= 0.6 is 0 Å². The maximum absolute atomic E-state index is 13.6. The Labute approximate surface area is 169 Å². The number of rotatable bonds is 6. The number of benzene rings is 2. The van der Waals surface area contributed by atoms with Gasteiger partial charge in [-0.2, -0.15) is 0 Å². The summed E-state index contributed by atoms with van der Waals surface area (Å²) < 4.78 is 35.9. The van der Waals surface area contributed by atoms with Crippen LogP contribution in [-0.4, -0.2) is 32.4 Å². The number of imidazole rings is 1. The second kappa shape index (κ2) is 8.03. The van der Waals surface area contributed by atoms with Crippen LogP contribution in [0.15, 0.2) is 64.4 Å². The molecule has 4 rings (SSSR count). The number of methoxy groups -OCH3 is 1. The van der Waals surface area contributed by atoms with Crippen LogP contribution in [0.2, 0.25) is 0 Å². The first kappa shape index (κ1) is 19.7. The van der Waals surface area contributed by atoms with Gasteiger partial charge in [-0.15, -0.1) is 0 Å². The van der Waals surface area contributed by atoms with Crippen molar-refractivity contribution in [1.29, 1.82) is 0 Å². The number of hydrogen-bond donors (Lipinski definition) is 0. The van der Waals surface area contributed by atoms with Gasteiger partial charge in [-0.1, -0.05) is 12.1 Å². The largest absolute Gasteiger partial charge is 0.383 e. The summed E-state index contributed by atoms with van der Waals surface area (Å²) in [5.74, 6) is -0.843. The number of hydrogen-bond acceptors (Lipinski definition) is 4. The molecule has 4 aromatic rings. The Morgan fingerprint density at radius 2 is 1.80 bits per heavy atom. The van der Waals surface area contributed by atoms with Gasteiger partial charge in [-0.05, 0) is 42.0 Å². The van der Waals surface area contributed by atoms with Crippen LogP contribution in [-0.2, 0) is 17.8 Å². The second-order valence-electron chi connectivity index (χ2n) is 6.72. The number of fused-ring (bicyclic) bond motifs is 1. The summed E-state index contributed by atoms with van der Waals surface area (Å²) in [6.07, 6.45) is 1.43. The van der Waals surface area contributed by atoms with E-state index < -0.39 is 22.9 Å². The Balaban J connectivity index is 1.96. The highest BCUT2D eigenvalue weighted by molar-refractivity contribution is 5.72. The van der Waals surface area contributed by atoms with E-state index in [9.17, 15) is 18.4 Å².